The molecule has 0 aliphatic heterocycles. The van der Waals surface area contributed by atoms with E-state index in [-0.39, 0.29) is 18.6 Å². The van der Waals surface area contributed by atoms with Crippen molar-refractivity contribution in [3.05, 3.63) is 87.2 Å². The minimum absolute atomic E-state index is 0.0399. The molecule has 148 valence electrons. The van der Waals surface area contributed by atoms with Gasteiger partial charge in [-0.1, -0.05) is 35.9 Å². The average Bonchev–Trinajstić information content (AvgIpc) is 3.40. The maximum absolute atomic E-state index is 13.0. The van der Waals surface area contributed by atoms with E-state index in [0.29, 0.717) is 10.8 Å². The number of halogens is 1. The molecule has 29 heavy (non-hydrogen) atoms. The highest BCUT2D eigenvalue weighted by Crippen LogP contribution is 2.35. The van der Waals surface area contributed by atoms with Crippen LogP contribution < -0.4 is 4.74 Å². The molecule has 0 spiro atoms. The largest absolute Gasteiger partial charge is 0.484 e. The van der Waals surface area contributed by atoms with E-state index in [1.807, 2.05) is 55.9 Å². The summed E-state index contributed by atoms with van der Waals surface area (Å²) in [6.07, 6.45) is 1.99. The molecule has 1 N–H and O–H groups in total. The first-order chi connectivity index (χ1) is 14.0. The quantitative estimate of drug-likeness (QED) is 0.424. The molecule has 6 heteroatoms. The molecular weight excluding hydrogens is 404 g/mol. The highest BCUT2D eigenvalue weighted by atomic mass is 35.5. The van der Waals surface area contributed by atoms with Crippen molar-refractivity contribution in [2.75, 3.05) is 13.7 Å². The molecule has 0 saturated carbocycles. The van der Waals surface area contributed by atoms with Gasteiger partial charge in [0.1, 0.15) is 5.75 Å². The molecule has 0 saturated heterocycles. The minimum atomic E-state index is -0.186. The van der Waals surface area contributed by atoms with E-state index in [4.69, 9.17) is 16.3 Å². The topological polar surface area (TPSA) is 45.3 Å². The zero-order valence-electron chi connectivity index (χ0n) is 16.2. The number of rotatable bonds is 6. The number of likely N-dealkylation sites (N-methyl/N-ethyl adjacent to an activating group) is 1. The Bertz CT molecular complexity index is 1140. The summed E-state index contributed by atoms with van der Waals surface area (Å²) in [4.78, 5) is 19.2. The van der Waals surface area contributed by atoms with Gasteiger partial charge in [0.05, 0.1) is 6.04 Å². The first kappa shape index (κ1) is 19.6. The van der Waals surface area contributed by atoms with E-state index in [0.717, 1.165) is 26.9 Å². The second kappa shape index (κ2) is 8.31. The third-order valence-corrected chi connectivity index (χ3v) is 6.35. The number of aryl methyl sites for hydroxylation is 1. The number of hydrogen-bond acceptors (Lipinski definition) is 3. The van der Waals surface area contributed by atoms with Gasteiger partial charge in [-0.25, -0.2) is 0 Å². The molecule has 2 aromatic carbocycles. The lowest BCUT2D eigenvalue weighted by atomic mass is 10.0. The van der Waals surface area contributed by atoms with Crippen LogP contribution in [0.4, 0.5) is 0 Å². The summed E-state index contributed by atoms with van der Waals surface area (Å²) >= 11 is 7.70. The SMILES string of the molecule is Cc1cc(OCC(=O)N(C)[C@@H](c2cccs2)c2c[nH]c3ccccc23)ccc1Cl. The molecule has 4 rings (SSSR count). The number of aromatic nitrogens is 1. The van der Waals surface area contributed by atoms with Gasteiger partial charge in [0.15, 0.2) is 6.61 Å². The van der Waals surface area contributed by atoms with Crippen molar-refractivity contribution in [2.24, 2.45) is 0 Å². The Morgan fingerprint density at radius 2 is 2.03 bits per heavy atom. The number of H-pyrrole nitrogens is 1. The van der Waals surface area contributed by atoms with Crippen molar-refractivity contribution in [3.8, 4) is 5.75 Å². The van der Waals surface area contributed by atoms with Gasteiger partial charge in [-0.3, -0.25) is 4.79 Å². The summed E-state index contributed by atoms with van der Waals surface area (Å²) in [5.41, 5.74) is 3.04. The molecule has 2 heterocycles. The molecule has 4 aromatic rings. The van der Waals surface area contributed by atoms with Gasteiger partial charge in [0, 0.05) is 39.6 Å². The number of amides is 1. The fourth-order valence-corrected chi connectivity index (χ4v) is 4.42. The van der Waals surface area contributed by atoms with Crippen molar-refractivity contribution in [1.29, 1.82) is 0 Å². The van der Waals surface area contributed by atoms with Crippen LogP contribution in [-0.4, -0.2) is 29.4 Å². The van der Waals surface area contributed by atoms with Crippen LogP contribution in [0.15, 0.2) is 66.2 Å². The van der Waals surface area contributed by atoms with Crippen LogP contribution >= 0.6 is 22.9 Å². The number of nitrogens with zero attached hydrogens (tertiary/aromatic N) is 1. The van der Waals surface area contributed by atoms with Crippen LogP contribution in [-0.2, 0) is 4.79 Å². The van der Waals surface area contributed by atoms with Gasteiger partial charge in [-0.15, -0.1) is 11.3 Å². The smallest absolute Gasteiger partial charge is 0.261 e. The van der Waals surface area contributed by atoms with Gasteiger partial charge < -0.3 is 14.6 Å². The summed E-state index contributed by atoms with van der Waals surface area (Å²) in [5, 5.41) is 3.82. The normalized spacial score (nSPS) is 12.1. The van der Waals surface area contributed by atoms with E-state index >= 15 is 0 Å². The number of carbonyl (C=O) groups excluding carboxylic acids is 1. The summed E-state index contributed by atoms with van der Waals surface area (Å²) in [6, 6.07) is 17.4. The molecule has 4 nitrogen and oxygen atoms in total. The molecular formula is C23H21ClN2O2S. The summed E-state index contributed by atoms with van der Waals surface area (Å²) < 4.78 is 5.74. The number of carbonyl (C=O) groups is 1. The van der Waals surface area contributed by atoms with E-state index in [1.165, 1.54) is 0 Å². The van der Waals surface area contributed by atoms with Crippen molar-refractivity contribution in [2.45, 2.75) is 13.0 Å². The lowest BCUT2D eigenvalue weighted by Gasteiger charge is -2.27. The number of ether oxygens (including phenoxy) is 1. The summed E-state index contributed by atoms with van der Waals surface area (Å²) in [6.45, 7) is 1.87. The highest BCUT2D eigenvalue weighted by molar-refractivity contribution is 7.10. The Morgan fingerprint density at radius 1 is 1.21 bits per heavy atom. The van der Waals surface area contributed by atoms with Crippen LogP contribution in [0.25, 0.3) is 10.9 Å². The van der Waals surface area contributed by atoms with Crippen LogP contribution in [0.5, 0.6) is 5.75 Å². The lowest BCUT2D eigenvalue weighted by Crippen LogP contribution is -2.35. The number of para-hydroxylation sites is 1. The highest BCUT2D eigenvalue weighted by Gasteiger charge is 2.27. The molecule has 0 bridgehead atoms. The van der Waals surface area contributed by atoms with E-state index in [9.17, 15) is 4.79 Å². The van der Waals surface area contributed by atoms with Crippen molar-refractivity contribution in [3.63, 3.8) is 0 Å². The Hall–Kier alpha value is -2.76. The second-order valence-electron chi connectivity index (χ2n) is 6.91. The molecule has 1 amide bonds. The zero-order valence-corrected chi connectivity index (χ0v) is 17.8. The Kier molecular flexibility index (Phi) is 5.60. The molecule has 0 aliphatic rings. The number of hydrogen-bond donors (Lipinski definition) is 1. The van der Waals surface area contributed by atoms with Gasteiger partial charge in [0.25, 0.3) is 5.91 Å². The summed E-state index contributed by atoms with van der Waals surface area (Å²) in [5.74, 6) is 0.537. The van der Waals surface area contributed by atoms with Crippen LogP contribution in [0, 0.1) is 6.92 Å². The average molecular weight is 425 g/mol. The van der Waals surface area contributed by atoms with Crippen LogP contribution in [0.2, 0.25) is 5.02 Å². The van der Waals surface area contributed by atoms with Crippen LogP contribution in [0.1, 0.15) is 22.0 Å². The predicted octanol–water partition coefficient (Wildman–Crippen LogP) is 5.82. The molecule has 0 unspecified atom stereocenters. The second-order valence-corrected chi connectivity index (χ2v) is 8.30. The lowest BCUT2D eigenvalue weighted by molar-refractivity contribution is -0.133. The Balaban J connectivity index is 1.59. The maximum Gasteiger partial charge on any atom is 0.261 e. The number of fused-ring (bicyclic) bond motifs is 1. The number of nitrogens with one attached hydrogen (secondary N) is 1. The molecule has 0 radical (unpaired) electrons. The first-order valence-corrected chi connectivity index (χ1v) is 10.5. The molecule has 0 aliphatic carbocycles. The fourth-order valence-electron chi connectivity index (χ4n) is 3.42. The van der Waals surface area contributed by atoms with Gasteiger partial charge in [0.2, 0.25) is 0 Å². The van der Waals surface area contributed by atoms with Gasteiger partial charge in [-0.2, -0.15) is 0 Å². The van der Waals surface area contributed by atoms with E-state index in [2.05, 4.69) is 17.1 Å². The third-order valence-electron chi connectivity index (χ3n) is 5.00. The predicted molar refractivity (Wildman–Crippen MR) is 119 cm³/mol. The Labute approximate surface area is 178 Å². The maximum atomic E-state index is 13.0. The van der Waals surface area contributed by atoms with Gasteiger partial charge in [-0.05, 0) is 48.2 Å². The molecule has 1 atom stereocenters. The first-order valence-electron chi connectivity index (χ1n) is 9.28. The van der Waals surface area contributed by atoms with Gasteiger partial charge >= 0.3 is 0 Å². The van der Waals surface area contributed by atoms with Crippen molar-refractivity contribution in [1.82, 2.24) is 9.88 Å². The monoisotopic (exact) mass is 424 g/mol. The standard InChI is InChI=1S/C23H21ClN2O2S/c1-15-12-16(9-10-19(15)24)28-14-22(27)26(2)23(21-8-5-11-29-21)18-13-25-20-7-4-3-6-17(18)20/h3-13,23,25H,14H2,1-2H3/t23-/m1/s1. The zero-order chi connectivity index (χ0) is 20.4. The van der Waals surface area contributed by atoms with Crippen molar-refractivity contribution < 1.29 is 9.53 Å². The van der Waals surface area contributed by atoms with E-state index < -0.39 is 0 Å². The summed E-state index contributed by atoms with van der Waals surface area (Å²) in [7, 11) is 1.82. The minimum Gasteiger partial charge on any atom is -0.484 e. The van der Waals surface area contributed by atoms with Crippen LogP contribution in [0.3, 0.4) is 0 Å². The third kappa shape index (κ3) is 4.02. The van der Waals surface area contributed by atoms with Crippen molar-refractivity contribution >= 4 is 39.7 Å². The fraction of sp³-hybridized carbons (Fsp3) is 0.174. The number of benzene rings is 2. The number of aromatic amines is 1. The van der Waals surface area contributed by atoms with E-state index in [1.54, 1.807) is 28.4 Å². The number of thiophene rings is 1. The Morgan fingerprint density at radius 3 is 2.79 bits per heavy atom. The molecule has 2 aromatic heterocycles. The molecule has 0 fully saturated rings.